The summed E-state index contributed by atoms with van der Waals surface area (Å²) >= 11 is 0. The number of aryl methyl sites for hydroxylation is 1. The van der Waals surface area contributed by atoms with Gasteiger partial charge in [0.2, 0.25) is 0 Å². The van der Waals surface area contributed by atoms with Crippen molar-refractivity contribution in [1.82, 2.24) is 15.1 Å². The molecule has 1 heterocycles. The molecule has 0 amide bonds. The van der Waals surface area contributed by atoms with Gasteiger partial charge in [-0.1, -0.05) is 13.8 Å². The molecule has 5 heteroatoms. The monoisotopic (exact) mass is 297 g/mol. The second-order valence-corrected chi connectivity index (χ2v) is 5.45. The molecular weight excluding hydrogens is 266 g/mol. The number of hydrogen-bond donors (Lipinski definition) is 1. The third kappa shape index (κ3) is 5.32. The van der Waals surface area contributed by atoms with E-state index in [2.05, 4.69) is 35.9 Å². The van der Waals surface area contributed by atoms with Crippen LogP contribution in [0.1, 0.15) is 58.2 Å². The van der Waals surface area contributed by atoms with Crippen molar-refractivity contribution in [3.05, 3.63) is 11.9 Å². The van der Waals surface area contributed by atoms with Crippen LogP contribution in [0.25, 0.3) is 0 Å². The van der Waals surface area contributed by atoms with Crippen LogP contribution in [0.4, 0.5) is 0 Å². The largest absolute Gasteiger partial charge is 0.493 e. The summed E-state index contributed by atoms with van der Waals surface area (Å²) in [5, 5.41) is 8.10. The Morgan fingerprint density at radius 2 is 2.00 bits per heavy atom. The van der Waals surface area contributed by atoms with Crippen molar-refractivity contribution in [1.29, 1.82) is 0 Å². The molecule has 0 aromatic carbocycles. The SMILES string of the molecule is CCCNC(CCC(C)OC)c1c(OC)cnn1CCC. The first kappa shape index (κ1) is 18.0. The highest BCUT2D eigenvalue weighted by Crippen LogP contribution is 2.29. The van der Waals surface area contributed by atoms with Crippen LogP contribution in [-0.4, -0.2) is 36.6 Å². The molecule has 0 saturated heterocycles. The third-order valence-corrected chi connectivity index (χ3v) is 3.74. The lowest BCUT2D eigenvalue weighted by atomic mass is 10.0. The Hall–Kier alpha value is -1.07. The first-order chi connectivity index (χ1) is 10.2. The number of aromatic nitrogens is 2. The molecule has 0 aliphatic heterocycles. The van der Waals surface area contributed by atoms with Gasteiger partial charge in [-0.05, 0) is 39.2 Å². The van der Waals surface area contributed by atoms with Crippen LogP contribution >= 0.6 is 0 Å². The molecule has 0 radical (unpaired) electrons. The minimum Gasteiger partial charge on any atom is -0.493 e. The van der Waals surface area contributed by atoms with E-state index in [1.54, 1.807) is 14.2 Å². The van der Waals surface area contributed by atoms with Crippen LogP contribution in [0.2, 0.25) is 0 Å². The Kier molecular flexibility index (Phi) is 8.38. The lowest BCUT2D eigenvalue weighted by Crippen LogP contribution is -2.26. The fourth-order valence-electron chi connectivity index (χ4n) is 2.45. The predicted molar refractivity (Wildman–Crippen MR) is 85.8 cm³/mol. The third-order valence-electron chi connectivity index (χ3n) is 3.74. The van der Waals surface area contributed by atoms with Crippen molar-refractivity contribution in [2.75, 3.05) is 20.8 Å². The summed E-state index contributed by atoms with van der Waals surface area (Å²) in [7, 11) is 3.48. The summed E-state index contributed by atoms with van der Waals surface area (Å²) in [4.78, 5) is 0. The van der Waals surface area contributed by atoms with Crippen molar-refractivity contribution in [2.45, 2.75) is 65.1 Å². The van der Waals surface area contributed by atoms with Crippen molar-refractivity contribution in [2.24, 2.45) is 0 Å². The van der Waals surface area contributed by atoms with Gasteiger partial charge in [0.1, 0.15) is 0 Å². The van der Waals surface area contributed by atoms with E-state index in [1.165, 1.54) is 0 Å². The van der Waals surface area contributed by atoms with Gasteiger partial charge in [0.05, 0.1) is 31.1 Å². The highest BCUT2D eigenvalue weighted by molar-refractivity contribution is 5.28. The summed E-state index contributed by atoms with van der Waals surface area (Å²) in [6.45, 7) is 8.37. The van der Waals surface area contributed by atoms with Crippen LogP contribution in [0.5, 0.6) is 5.75 Å². The van der Waals surface area contributed by atoms with Gasteiger partial charge in [0.25, 0.3) is 0 Å². The lowest BCUT2D eigenvalue weighted by Gasteiger charge is -2.22. The number of ether oxygens (including phenoxy) is 2. The van der Waals surface area contributed by atoms with Gasteiger partial charge in [-0.25, -0.2) is 0 Å². The number of nitrogens with one attached hydrogen (secondary N) is 1. The summed E-state index contributed by atoms with van der Waals surface area (Å²) in [5.41, 5.74) is 1.16. The molecular formula is C16H31N3O2. The van der Waals surface area contributed by atoms with Gasteiger partial charge >= 0.3 is 0 Å². The minimum atomic E-state index is 0.256. The Labute approximate surface area is 129 Å². The maximum atomic E-state index is 5.51. The molecule has 0 saturated carbocycles. The maximum Gasteiger partial charge on any atom is 0.161 e. The van der Waals surface area contributed by atoms with E-state index in [9.17, 15) is 0 Å². The molecule has 1 aromatic heterocycles. The zero-order valence-corrected chi connectivity index (χ0v) is 14.2. The van der Waals surface area contributed by atoms with Crippen LogP contribution in [0.15, 0.2) is 6.20 Å². The van der Waals surface area contributed by atoms with E-state index in [0.717, 1.165) is 50.2 Å². The van der Waals surface area contributed by atoms with Gasteiger partial charge in [-0.3, -0.25) is 4.68 Å². The summed E-state index contributed by atoms with van der Waals surface area (Å²) < 4.78 is 13.0. The first-order valence-electron chi connectivity index (χ1n) is 8.03. The van der Waals surface area contributed by atoms with E-state index in [-0.39, 0.29) is 12.1 Å². The molecule has 122 valence electrons. The van der Waals surface area contributed by atoms with Crippen molar-refractivity contribution < 1.29 is 9.47 Å². The quantitative estimate of drug-likeness (QED) is 0.681. The highest BCUT2D eigenvalue weighted by Gasteiger charge is 2.21. The van der Waals surface area contributed by atoms with Crippen LogP contribution in [-0.2, 0) is 11.3 Å². The van der Waals surface area contributed by atoms with E-state index >= 15 is 0 Å². The Morgan fingerprint density at radius 3 is 2.57 bits per heavy atom. The number of nitrogens with zero attached hydrogens (tertiary/aromatic N) is 2. The number of methoxy groups -OCH3 is 2. The lowest BCUT2D eigenvalue weighted by molar-refractivity contribution is 0.105. The van der Waals surface area contributed by atoms with E-state index in [4.69, 9.17) is 9.47 Å². The average molecular weight is 297 g/mol. The average Bonchev–Trinajstić information content (AvgIpc) is 2.90. The molecule has 21 heavy (non-hydrogen) atoms. The van der Waals surface area contributed by atoms with E-state index in [0.29, 0.717) is 0 Å². The van der Waals surface area contributed by atoms with Gasteiger partial charge in [0.15, 0.2) is 5.75 Å². The molecule has 0 bridgehead atoms. The van der Waals surface area contributed by atoms with Crippen LogP contribution < -0.4 is 10.1 Å². The summed E-state index contributed by atoms with van der Waals surface area (Å²) in [6.07, 6.45) is 6.29. The van der Waals surface area contributed by atoms with E-state index in [1.807, 2.05) is 6.20 Å². The van der Waals surface area contributed by atoms with Crippen LogP contribution in [0, 0.1) is 0 Å². The molecule has 1 aromatic rings. The molecule has 5 nitrogen and oxygen atoms in total. The second kappa shape index (κ2) is 9.79. The van der Waals surface area contributed by atoms with Gasteiger partial charge in [0, 0.05) is 13.7 Å². The van der Waals surface area contributed by atoms with E-state index < -0.39 is 0 Å². The molecule has 0 aliphatic rings. The molecule has 2 atom stereocenters. The molecule has 0 fully saturated rings. The Bertz CT molecular complexity index is 393. The molecule has 1 rings (SSSR count). The van der Waals surface area contributed by atoms with Crippen LogP contribution in [0.3, 0.4) is 0 Å². The minimum absolute atomic E-state index is 0.256. The Morgan fingerprint density at radius 1 is 1.24 bits per heavy atom. The fraction of sp³-hybridized carbons (Fsp3) is 0.812. The fourth-order valence-corrected chi connectivity index (χ4v) is 2.45. The summed E-state index contributed by atoms with van der Waals surface area (Å²) in [6, 6.07) is 0.256. The second-order valence-electron chi connectivity index (χ2n) is 5.45. The highest BCUT2D eigenvalue weighted by atomic mass is 16.5. The Balaban J connectivity index is 2.91. The van der Waals surface area contributed by atoms with Crippen molar-refractivity contribution in [3.8, 4) is 5.75 Å². The number of hydrogen-bond acceptors (Lipinski definition) is 4. The van der Waals surface area contributed by atoms with Gasteiger partial charge in [-0.2, -0.15) is 5.10 Å². The molecule has 2 unspecified atom stereocenters. The van der Waals surface area contributed by atoms with Gasteiger partial charge < -0.3 is 14.8 Å². The zero-order valence-electron chi connectivity index (χ0n) is 14.2. The zero-order chi connectivity index (χ0) is 15.7. The van der Waals surface area contributed by atoms with Crippen molar-refractivity contribution in [3.63, 3.8) is 0 Å². The van der Waals surface area contributed by atoms with Crippen molar-refractivity contribution >= 4 is 0 Å². The number of rotatable bonds is 11. The predicted octanol–water partition coefficient (Wildman–Crippen LogP) is 3.16. The molecule has 0 spiro atoms. The molecule has 0 aliphatic carbocycles. The topological polar surface area (TPSA) is 48.3 Å². The van der Waals surface area contributed by atoms with Gasteiger partial charge in [-0.15, -0.1) is 0 Å². The summed E-state index contributed by atoms with van der Waals surface area (Å²) in [5.74, 6) is 0.877. The normalized spacial score (nSPS) is 14.1. The smallest absolute Gasteiger partial charge is 0.161 e. The molecule has 1 N–H and O–H groups in total. The maximum absolute atomic E-state index is 5.51. The standard InChI is InChI=1S/C16H31N3O2/c1-6-10-17-14(9-8-13(3)20-4)16-15(21-5)12-18-19(16)11-7-2/h12-14,17H,6-11H2,1-5H3. The first-order valence-corrected chi connectivity index (χ1v) is 8.03.